The first-order chi connectivity index (χ1) is 61.3. The van der Waals surface area contributed by atoms with Crippen molar-refractivity contribution in [3.63, 3.8) is 0 Å². The van der Waals surface area contributed by atoms with Crippen LogP contribution >= 0.6 is 0 Å². The van der Waals surface area contributed by atoms with E-state index in [-0.39, 0.29) is 152 Å². The van der Waals surface area contributed by atoms with Gasteiger partial charge in [-0.05, 0) is 103 Å². The Morgan fingerprint density at radius 1 is 0.394 bits per heavy atom. The number of primary amides is 1. The fourth-order valence-corrected chi connectivity index (χ4v) is 10.8. The van der Waals surface area contributed by atoms with Crippen molar-refractivity contribution in [1.82, 2.24) is 20.9 Å². The summed E-state index contributed by atoms with van der Waals surface area (Å²) in [6, 6.07) is 11.2. The number of rotatable bonds is 85. The summed E-state index contributed by atoms with van der Waals surface area (Å²) in [5, 5.41) is 27.0. The molecule has 1 heterocycles. The second-order valence-electron chi connectivity index (χ2n) is 30.1. The standard InChI is InChI=1S/C52H88N4O19.C35H58N2O15/c1-51(2,3)74-47(61)17-16-44(49(63)64)56-46(60)19-24-68-28-32-72-36-37-73-33-29-69-25-21-54-48(62)42(39-12-14-40(57)15-13-39)38-41(58)18-23-67-27-31-71-35-34-70-30-26-66-22-9-11-45(59)43(53)10-7-8-20-55-50(65)75-52(4,5)6;36-33(38)5-7-41-9-11-43-13-15-45-17-19-47-21-23-49-25-27-51-29-30-52-28-26-50-24-22-48-20-18-46-16-14-44-12-10-42-8-6-37-34(39)31-3-1-2-4-32(31)35(37)40/h12-15,42-44,57H,7-11,16-38,53H2,1-6H3,(H,54,62)(H,55,65)(H,56,60)(H,63,64);1-4H,5-30H2,(H2,36,38). The molecule has 0 aliphatic carbocycles. The number of esters is 1. The van der Waals surface area contributed by atoms with E-state index in [1.807, 2.05) is 0 Å². The van der Waals surface area contributed by atoms with Crippen LogP contribution in [0.2, 0.25) is 0 Å². The lowest BCUT2D eigenvalue weighted by molar-refractivity contribution is -0.155. The van der Waals surface area contributed by atoms with E-state index in [1.165, 1.54) is 17.0 Å². The molecule has 0 fully saturated rings. The normalized spacial score (nSPS) is 12.8. The van der Waals surface area contributed by atoms with Gasteiger partial charge in [0.1, 0.15) is 34.6 Å². The SMILES string of the molecule is CC(C)(C)OC(=O)CCC(NC(=O)CCOCCOCCOCCOCCNC(=O)C(CC(=O)CCOCCOCCOCCOCCCC(=O)C(N)CCCCNC(=O)OC(C)(C)C)c1ccc(O)cc1)C(=O)O.NC(=O)CCOCCOCCOCCOCCOCCOCCOCCOCCOCCOCCOCCOCCN1C(=O)c2ccccc2C1=O. The lowest BCUT2D eigenvalue weighted by Crippen LogP contribution is -2.41. The monoisotopic (exact) mass is 1820 g/mol. The Hall–Kier alpha value is -7.50. The zero-order valence-electron chi connectivity index (χ0n) is 75.6. The molecule has 1 aliphatic heterocycles. The van der Waals surface area contributed by atoms with Crippen LogP contribution in [-0.4, -0.2) is 381 Å². The molecule has 6 amide bonds. The number of carbonyl (C=O) groups is 10. The predicted octanol–water partition coefficient (Wildman–Crippen LogP) is 3.88. The van der Waals surface area contributed by atoms with Gasteiger partial charge in [0.15, 0.2) is 0 Å². The summed E-state index contributed by atoms with van der Waals surface area (Å²) in [6.45, 7) is 26.5. The van der Waals surface area contributed by atoms with Crippen LogP contribution in [0.4, 0.5) is 4.79 Å². The van der Waals surface area contributed by atoms with Crippen molar-refractivity contribution in [2.24, 2.45) is 11.5 Å². The number of unbranched alkanes of at least 4 members (excludes halogenated alkanes) is 1. The van der Waals surface area contributed by atoms with Crippen LogP contribution in [0.3, 0.4) is 0 Å². The molecule has 40 nitrogen and oxygen atoms in total. The Kier molecular flexibility index (Phi) is 70.3. The predicted molar refractivity (Wildman–Crippen MR) is 460 cm³/mol. The average molecular weight is 1820 g/mol. The van der Waals surface area contributed by atoms with Crippen molar-refractivity contribution in [2.75, 3.05) is 284 Å². The van der Waals surface area contributed by atoms with E-state index in [0.717, 1.165) is 0 Å². The highest BCUT2D eigenvalue weighted by atomic mass is 16.6. The van der Waals surface area contributed by atoms with Crippen molar-refractivity contribution in [3.8, 4) is 5.75 Å². The maximum Gasteiger partial charge on any atom is 0.407 e. The topological polar surface area (TPSA) is 506 Å². The van der Waals surface area contributed by atoms with Crippen LogP contribution in [0.1, 0.15) is 144 Å². The zero-order valence-corrected chi connectivity index (χ0v) is 75.6. The molecule has 1 aliphatic rings. The second kappa shape index (κ2) is 77.3. The van der Waals surface area contributed by atoms with Crippen LogP contribution in [0, 0.1) is 0 Å². The number of fused-ring (bicyclic) bond motifs is 1. The Morgan fingerprint density at radius 3 is 1.14 bits per heavy atom. The van der Waals surface area contributed by atoms with Crippen molar-refractivity contribution in [3.05, 3.63) is 65.2 Å². The van der Waals surface area contributed by atoms with Crippen molar-refractivity contribution in [1.29, 1.82) is 0 Å². The molecule has 40 heteroatoms. The molecule has 2 aromatic carbocycles. The van der Waals surface area contributed by atoms with Crippen molar-refractivity contribution < 1.29 is 162 Å². The minimum absolute atomic E-state index is 0.0136. The number of Topliss-reactive ketones (excluding diaryl/α,β-unsaturated/α-hetero) is 2. The van der Waals surface area contributed by atoms with Gasteiger partial charge in [-0.15, -0.1) is 0 Å². The van der Waals surface area contributed by atoms with Gasteiger partial charge in [0.05, 0.1) is 287 Å². The minimum Gasteiger partial charge on any atom is -0.508 e. The number of imide groups is 1. The number of hydrogen-bond acceptors (Lipinski definition) is 34. The number of aromatic hydroxyl groups is 1. The van der Waals surface area contributed by atoms with E-state index in [0.29, 0.717) is 260 Å². The van der Waals surface area contributed by atoms with Gasteiger partial charge in [-0.1, -0.05) is 24.3 Å². The summed E-state index contributed by atoms with van der Waals surface area (Å²) < 4.78 is 120. The van der Waals surface area contributed by atoms with Crippen molar-refractivity contribution in [2.45, 2.75) is 141 Å². The fourth-order valence-electron chi connectivity index (χ4n) is 10.8. The van der Waals surface area contributed by atoms with Crippen LogP contribution in [0.15, 0.2) is 48.5 Å². The third kappa shape index (κ3) is 68.3. The summed E-state index contributed by atoms with van der Waals surface area (Å²) in [5.41, 5.74) is 11.3. The highest BCUT2D eigenvalue weighted by Gasteiger charge is 2.35. The first-order valence-corrected chi connectivity index (χ1v) is 43.6. The first kappa shape index (κ1) is 116. The van der Waals surface area contributed by atoms with E-state index in [9.17, 15) is 58.2 Å². The minimum atomic E-state index is -1.25. The molecule has 2 aromatic rings. The summed E-state index contributed by atoms with van der Waals surface area (Å²) in [6.07, 6.45) is 2.34. The molecule has 9 N–H and O–H groups in total. The van der Waals surface area contributed by atoms with Gasteiger partial charge in [0.25, 0.3) is 11.8 Å². The second-order valence-corrected chi connectivity index (χ2v) is 30.1. The van der Waals surface area contributed by atoms with Crippen LogP contribution in [-0.2, 0) is 138 Å². The molecule has 3 rings (SSSR count). The molecule has 0 saturated carbocycles. The van der Waals surface area contributed by atoms with Gasteiger partial charge >= 0.3 is 18.0 Å². The maximum absolute atomic E-state index is 13.2. The Bertz CT molecular complexity index is 3170. The molecular formula is C87H146N6O34. The quantitative estimate of drug-likeness (QED) is 0.0280. The van der Waals surface area contributed by atoms with Gasteiger partial charge in [0, 0.05) is 58.2 Å². The number of aliphatic carboxylic acids is 1. The van der Waals surface area contributed by atoms with Crippen molar-refractivity contribution >= 4 is 59.1 Å². The number of phenols is 1. The van der Waals surface area contributed by atoms with E-state index in [1.54, 1.807) is 77.9 Å². The third-order valence-electron chi connectivity index (χ3n) is 17.2. The average Bonchev–Trinajstić information content (AvgIpc) is 1.64. The first-order valence-electron chi connectivity index (χ1n) is 43.6. The number of nitrogens with two attached hydrogens (primary N) is 2. The molecule has 3 unspecified atom stereocenters. The molecule has 127 heavy (non-hydrogen) atoms. The molecule has 3 atom stereocenters. The molecular weight excluding hydrogens is 1670 g/mol. The number of carbonyl (C=O) groups excluding carboxylic acids is 9. The Labute approximate surface area is 747 Å². The summed E-state index contributed by atoms with van der Waals surface area (Å²) in [7, 11) is 0. The van der Waals surface area contributed by atoms with E-state index in [2.05, 4.69) is 16.0 Å². The molecule has 0 spiro atoms. The molecule has 0 radical (unpaired) electrons. The zero-order chi connectivity index (χ0) is 92.9. The molecule has 0 aromatic heterocycles. The van der Waals surface area contributed by atoms with Crippen LogP contribution < -0.4 is 27.4 Å². The summed E-state index contributed by atoms with van der Waals surface area (Å²) in [5.74, 6) is -4.54. The molecule has 0 bridgehead atoms. The van der Waals surface area contributed by atoms with Crippen LogP contribution in [0.25, 0.3) is 0 Å². The number of nitrogens with zero attached hydrogens (tertiary/aromatic N) is 1. The van der Waals surface area contributed by atoms with Gasteiger partial charge in [-0.3, -0.25) is 43.3 Å². The summed E-state index contributed by atoms with van der Waals surface area (Å²) in [4.78, 5) is 122. The number of amides is 6. The number of nitrogens with one attached hydrogen (secondary N) is 3. The number of alkyl carbamates (subject to hydrolysis) is 1. The number of ether oxygens (including phenoxy) is 22. The highest BCUT2D eigenvalue weighted by molar-refractivity contribution is 6.21. The lowest BCUT2D eigenvalue weighted by Gasteiger charge is -2.20. The number of carboxylic acid groups (broad SMARTS) is 1. The summed E-state index contributed by atoms with van der Waals surface area (Å²) >= 11 is 0. The number of carboxylic acids is 1. The molecule has 728 valence electrons. The number of hydrogen-bond donors (Lipinski definition) is 7. The van der Waals surface area contributed by atoms with Gasteiger partial charge in [-0.2, -0.15) is 0 Å². The van der Waals surface area contributed by atoms with E-state index >= 15 is 0 Å². The Balaban J connectivity index is 0.000000917. The highest BCUT2D eigenvalue weighted by Crippen LogP contribution is 2.25. The number of ketones is 2. The van der Waals surface area contributed by atoms with E-state index in [4.69, 9.17) is 116 Å². The third-order valence-corrected chi connectivity index (χ3v) is 17.2. The largest absolute Gasteiger partial charge is 0.508 e. The molecule has 0 saturated heterocycles. The van der Waals surface area contributed by atoms with Gasteiger partial charge < -0.3 is 142 Å². The number of benzene rings is 2. The van der Waals surface area contributed by atoms with Gasteiger partial charge in [-0.25, -0.2) is 9.59 Å². The number of phenolic OH excluding ortho intramolecular Hbond substituents is 1. The maximum atomic E-state index is 13.2. The Morgan fingerprint density at radius 2 is 0.756 bits per heavy atom. The van der Waals surface area contributed by atoms with Gasteiger partial charge in [0.2, 0.25) is 17.7 Å². The van der Waals surface area contributed by atoms with Crippen LogP contribution in [0.5, 0.6) is 5.75 Å². The smallest absolute Gasteiger partial charge is 0.407 e. The lowest BCUT2D eigenvalue weighted by atomic mass is 9.92. The van der Waals surface area contributed by atoms with E-state index < -0.39 is 53.1 Å². The fraction of sp³-hybridized carbons (Fsp3) is 0.747.